The highest BCUT2D eigenvalue weighted by molar-refractivity contribution is 9.10. The molecule has 2 heterocycles. The van der Waals surface area contributed by atoms with Crippen LogP contribution in [0.1, 0.15) is 5.69 Å². The van der Waals surface area contributed by atoms with Gasteiger partial charge >= 0.3 is 0 Å². The summed E-state index contributed by atoms with van der Waals surface area (Å²) in [5.41, 5.74) is 2.18. The number of nitrogens with one attached hydrogen (secondary N) is 1. The Kier molecular flexibility index (Phi) is 5.17. The summed E-state index contributed by atoms with van der Waals surface area (Å²) in [5.74, 6) is 2.10. The number of halogens is 2. The van der Waals surface area contributed by atoms with Crippen molar-refractivity contribution in [1.82, 2.24) is 9.97 Å². The minimum Gasteiger partial charge on any atom is -0.365 e. The van der Waals surface area contributed by atoms with E-state index in [0.717, 1.165) is 33.6 Å². The van der Waals surface area contributed by atoms with Crippen molar-refractivity contribution >= 4 is 48.6 Å². The van der Waals surface area contributed by atoms with Crippen LogP contribution >= 0.6 is 37.6 Å². The maximum absolute atomic E-state index is 5.53. The summed E-state index contributed by atoms with van der Waals surface area (Å²) < 4.78 is 6.32. The van der Waals surface area contributed by atoms with Gasteiger partial charge in [0, 0.05) is 33.3 Å². The Morgan fingerprint density at radius 2 is 2.26 bits per heavy atom. The number of fused-ring (bicyclic) bond motifs is 1. The molecule has 0 aliphatic heterocycles. The lowest BCUT2D eigenvalue weighted by atomic mass is 10.3. The fraction of sp³-hybridized carbons (Fsp3) is 0.462. The second-order valence-electron chi connectivity index (χ2n) is 4.98. The highest BCUT2D eigenvalue weighted by atomic mass is 79.9. The van der Waals surface area contributed by atoms with E-state index in [-0.39, 0.29) is 6.07 Å². The summed E-state index contributed by atoms with van der Waals surface area (Å²) in [4.78, 5) is 7.75. The number of aromatic nitrogens is 2. The van der Waals surface area contributed by atoms with E-state index in [1.165, 1.54) is 5.69 Å². The molecule has 0 aliphatic carbocycles. The molecular formula is C13H18BrClN2OS. The summed E-state index contributed by atoms with van der Waals surface area (Å²) in [6.45, 7) is 0.730. The molecule has 0 fully saturated rings. The number of ether oxygens (including phenoxy) is 1. The lowest BCUT2D eigenvalue weighted by Gasteiger charge is -2.30. The Morgan fingerprint density at radius 3 is 2.95 bits per heavy atom. The van der Waals surface area contributed by atoms with Crippen LogP contribution in [0.15, 0.2) is 22.8 Å². The highest BCUT2D eigenvalue weighted by Gasteiger charge is 2.15. The molecule has 0 unspecified atom stereocenters. The zero-order chi connectivity index (χ0) is 13.9. The predicted molar refractivity (Wildman–Crippen MR) is 88.5 cm³/mol. The van der Waals surface area contributed by atoms with Crippen molar-refractivity contribution in [3.63, 3.8) is 0 Å². The average molecular weight is 366 g/mol. The summed E-state index contributed by atoms with van der Waals surface area (Å²) in [7, 11) is -0.725. The zero-order valence-corrected chi connectivity index (χ0v) is 14.2. The van der Waals surface area contributed by atoms with Crippen molar-refractivity contribution in [3.8, 4) is 0 Å². The van der Waals surface area contributed by atoms with E-state index in [1.807, 2.05) is 6.07 Å². The first-order valence-electron chi connectivity index (χ1n) is 5.96. The van der Waals surface area contributed by atoms with Gasteiger partial charge < -0.3 is 9.72 Å². The Labute approximate surface area is 128 Å². The van der Waals surface area contributed by atoms with E-state index in [1.54, 1.807) is 6.20 Å². The third-order valence-corrected chi connectivity index (χ3v) is 6.15. The molecule has 3 nitrogen and oxygen atoms in total. The third kappa shape index (κ3) is 4.12. The largest absolute Gasteiger partial charge is 0.365 e. The molecular weight excluding hydrogens is 348 g/mol. The molecule has 2 rings (SSSR count). The fourth-order valence-corrected chi connectivity index (χ4v) is 4.20. The summed E-state index contributed by atoms with van der Waals surface area (Å²) in [6.07, 6.45) is 6.44. The van der Waals surface area contributed by atoms with E-state index in [0.29, 0.717) is 0 Å². The van der Waals surface area contributed by atoms with Gasteiger partial charge in [-0.05, 0) is 40.6 Å². The molecule has 0 spiro atoms. The van der Waals surface area contributed by atoms with Crippen molar-refractivity contribution in [3.05, 3.63) is 28.5 Å². The molecule has 2 aromatic heterocycles. The molecule has 106 valence electrons. The molecule has 6 heteroatoms. The monoisotopic (exact) mass is 364 g/mol. The van der Waals surface area contributed by atoms with E-state index >= 15 is 0 Å². The fourth-order valence-electron chi connectivity index (χ4n) is 1.96. The highest BCUT2D eigenvalue weighted by Crippen LogP contribution is 2.43. The smallest absolute Gasteiger partial charge is 0.138 e. The van der Waals surface area contributed by atoms with Crippen molar-refractivity contribution in [2.45, 2.75) is 5.75 Å². The Hall–Kier alpha value is -0.230. The van der Waals surface area contributed by atoms with Crippen LogP contribution in [0.3, 0.4) is 0 Å². The topological polar surface area (TPSA) is 37.9 Å². The molecule has 1 N–H and O–H groups in total. The van der Waals surface area contributed by atoms with E-state index < -0.39 is 10.0 Å². The van der Waals surface area contributed by atoms with Gasteiger partial charge in [-0.3, -0.25) is 0 Å². The molecule has 0 atom stereocenters. The Bertz CT molecular complexity index is 559. The zero-order valence-electron chi connectivity index (χ0n) is 11.1. The normalized spacial score (nSPS) is 13.1. The Morgan fingerprint density at radius 1 is 1.47 bits per heavy atom. The van der Waals surface area contributed by atoms with Gasteiger partial charge in [0.05, 0.1) is 6.61 Å². The van der Waals surface area contributed by atoms with Crippen molar-refractivity contribution in [2.75, 3.05) is 30.9 Å². The minimum absolute atomic E-state index is 0.277. The summed E-state index contributed by atoms with van der Waals surface area (Å²) in [5, 5.41) is 1.14. The van der Waals surface area contributed by atoms with Gasteiger partial charge in [-0.2, -0.15) is 0 Å². The van der Waals surface area contributed by atoms with Crippen molar-refractivity contribution < 1.29 is 4.74 Å². The second-order valence-corrected chi connectivity index (χ2v) is 10.3. The van der Waals surface area contributed by atoms with E-state index in [9.17, 15) is 0 Å². The predicted octanol–water partition coefficient (Wildman–Crippen LogP) is 4.10. The molecule has 0 aliphatic rings. The number of alkyl halides is 1. The van der Waals surface area contributed by atoms with Gasteiger partial charge in [-0.25, -0.2) is 15.0 Å². The number of hydrogen-bond acceptors (Lipinski definition) is 2. The lowest BCUT2D eigenvalue weighted by Crippen LogP contribution is -2.10. The van der Waals surface area contributed by atoms with Crippen LogP contribution in [0, 0.1) is 0 Å². The van der Waals surface area contributed by atoms with Crippen LogP contribution < -0.4 is 0 Å². The molecule has 19 heavy (non-hydrogen) atoms. The maximum Gasteiger partial charge on any atom is 0.138 e. The number of rotatable bonds is 6. The number of aromatic amines is 1. The second kappa shape index (κ2) is 6.48. The molecule has 2 aromatic rings. The number of pyridine rings is 1. The number of hydrogen-bond donors (Lipinski definition) is 1. The number of nitrogens with zero attached hydrogens (tertiary/aromatic N) is 1. The molecule has 0 saturated carbocycles. The third-order valence-electron chi connectivity index (χ3n) is 2.94. The van der Waals surface area contributed by atoms with Gasteiger partial charge in [0.25, 0.3) is 0 Å². The van der Waals surface area contributed by atoms with Crippen molar-refractivity contribution in [2.24, 2.45) is 0 Å². The van der Waals surface area contributed by atoms with Crippen molar-refractivity contribution in [1.29, 1.82) is 0 Å². The van der Waals surface area contributed by atoms with Crippen LogP contribution in [-0.2, 0) is 10.5 Å². The quantitative estimate of drug-likeness (QED) is 0.618. The standard InChI is InChI=1S/C13H18BrClN2OS/c1-19(2,6-5-18-9-15)8-10-7-11-12(14)3-4-16-13(11)17-10/h3-4,7H,5-6,8-9H2,1-2H3,(H,16,17). The maximum atomic E-state index is 5.53. The van der Waals surface area contributed by atoms with Gasteiger partial charge in [-0.15, -0.1) is 0 Å². The first-order valence-corrected chi connectivity index (χ1v) is 10.1. The van der Waals surface area contributed by atoms with Crippen LogP contribution in [-0.4, -0.2) is 40.9 Å². The first-order chi connectivity index (χ1) is 9.02. The van der Waals surface area contributed by atoms with E-state index in [2.05, 4.69) is 44.5 Å². The Balaban J connectivity index is 2.10. The van der Waals surface area contributed by atoms with Crippen LogP contribution in [0.5, 0.6) is 0 Å². The minimum atomic E-state index is -0.725. The van der Waals surface area contributed by atoms with Crippen LogP contribution in [0.4, 0.5) is 0 Å². The van der Waals surface area contributed by atoms with Gasteiger partial charge in [-0.1, -0.05) is 11.6 Å². The molecule has 0 radical (unpaired) electrons. The van der Waals surface area contributed by atoms with Gasteiger partial charge in [0.1, 0.15) is 11.7 Å². The molecule has 0 saturated heterocycles. The lowest BCUT2D eigenvalue weighted by molar-refractivity contribution is 0.197. The van der Waals surface area contributed by atoms with E-state index in [4.69, 9.17) is 16.3 Å². The average Bonchev–Trinajstić information content (AvgIpc) is 2.72. The number of H-pyrrole nitrogens is 1. The van der Waals surface area contributed by atoms with Gasteiger partial charge in [0.15, 0.2) is 0 Å². The van der Waals surface area contributed by atoms with Gasteiger partial charge in [0.2, 0.25) is 0 Å². The molecule has 0 amide bonds. The van der Waals surface area contributed by atoms with Crippen LogP contribution in [0.2, 0.25) is 0 Å². The summed E-state index contributed by atoms with van der Waals surface area (Å²) in [6, 6.07) is 4.43. The molecule has 0 aromatic carbocycles. The SMILES string of the molecule is CS(C)(CCOCCl)Cc1cc2c(Br)ccnc2[nH]1. The molecule has 0 bridgehead atoms. The van der Waals surface area contributed by atoms with Crippen LogP contribution in [0.25, 0.3) is 11.0 Å². The first kappa shape index (κ1) is 15.2. The summed E-state index contributed by atoms with van der Waals surface area (Å²) >= 11 is 9.08.